The molecule has 2 fully saturated rings. The first-order valence-corrected chi connectivity index (χ1v) is 8.98. The van der Waals surface area contributed by atoms with Crippen LogP contribution in [0.2, 0.25) is 0 Å². The lowest BCUT2D eigenvalue weighted by Gasteiger charge is -2.36. The predicted molar refractivity (Wildman–Crippen MR) is 82.4 cm³/mol. The Kier molecular flexibility index (Phi) is 6.70. The molecule has 2 aliphatic carbocycles. The van der Waals surface area contributed by atoms with Gasteiger partial charge in [-0.1, -0.05) is 58.8 Å². The van der Waals surface area contributed by atoms with Crippen LogP contribution in [0.5, 0.6) is 0 Å². The minimum atomic E-state index is 0.561. The SMILES string of the molecule is CCCC1CCC(C(CC)OC2CCCCC2)CC1. The smallest absolute Gasteiger partial charge is 0.0604 e. The first kappa shape index (κ1) is 15.4. The first-order chi connectivity index (χ1) is 9.33. The molecule has 0 aromatic heterocycles. The highest BCUT2D eigenvalue weighted by atomic mass is 16.5. The molecule has 1 atom stereocenters. The molecule has 0 heterocycles. The molecular formula is C18H34O. The molecule has 1 heteroatoms. The van der Waals surface area contributed by atoms with E-state index in [4.69, 9.17) is 4.74 Å². The summed E-state index contributed by atoms with van der Waals surface area (Å²) < 4.78 is 6.48. The molecule has 0 radical (unpaired) electrons. The summed E-state index contributed by atoms with van der Waals surface area (Å²) >= 11 is 0. The zero-order chi connectivity index (χ0) is 13.5. The van der Waals surface area contributed by atoms with Crippen molar-refractivity contribution in [1.82, 2.24) is 0 Å². The van der Waals surface area contributed by atoms with E-state index in [0.717, 1.165) is 11.8 Å². The van der Waals surface area contributed by atoms with Crippen LogP contribution in [0, 0.1) is 11.8 Å². The van der Waals surface area contributed by atoms with Gasteiger partial charge in [0.1, 0.15) is 0 Å². The lowest BCUT2D eigenvalue weighted by atomic mass is 9.77. The monoisotopic (exact) mass is 266 g/mol. The molecule has 0 N–H and O–H groups in total. The zero-order valence-corrected chi connectivity index (χ0v) is 13.2. The van der Waals surface area contributed by atoms with Crippen molar-refractivity contribution in [1.29, 1.82) is 0 Å². The highest BCUT2D eigenvalue weighted by molar-refractivity contribution is 4.79. The Bertz CT molecular complexity index is 224. The van der Waals surface area contributed by atoms with Crippen molar-refractivity contribution >= 4 is 0 Å². The molecule has 0 aliphatic heterocycles. The second-order valence-corrected chi connectivity index (χ2v) is 6.91. The Hall–Kier alpha value is -0.0400. The van der Waals surface area contributed by atoms with Gasteiger partial charge in [0.25, 0.3) is 0 Å². The second kappa shape index (κ2) is 8.29. The van der Waals surface area contributed by atoms with E-state index in [1.165, 1.54) is 77.0 Å². The maximum Gasteiger partial charge on any atom is 0.0604 e. The Morgan fingerprint density at radius 1 is 0.895 bits per heavy atom. The van der Waals surface area contributed by atoms with Crippen LogP contribution in [0.4, 0.5) is 0 Å². The maximum absolute atomic E-state index is 6.48. The summed E-state index contributed by atoms with van der Waals surface area (Å²) in [5, 5.41) is 0. The molecule has 112 valence electrons. The standard InChI is InChI=1S/C18H34O/c1-3-8-15-11-13-16(14-12-15)18(4-2)19-17-9-6-5-7-10-17/h15-18H,3-14H2,1-2H3. The van der Waals surface area contributed by atoms with Gasteiger partial charge >= 0.3 is 0 Å². The average molecular weight is 266 g/mol. The van der Waals surface area contributed by atoms with Gasteiger partial charge in [-0.2, -0.15) is 0 Å². The number of ether oxygens (including phenoxy) is 1. The molecule has 19 heavy (non-hydrogen) atoms. The zero-order valence-electron chi connectivity index (χ0n) is 13.2. The molecule has 0 amide bonds. The van der Waals surface area contributed by atoms with Gasteiger partial charge in [-0.05, 0) is 43.9 Å². The van der Waals surface area contributed by atoms with Crippen LogP contribution >= 0.6 is 0 Å². The second-order valence-electron chi connectivity index (χ2n) is 6.91. The van der Waals surface area contributed by atoms with Crippen LogP contribution in [-0.4, -0.2) is 12.2 Å². The molecule has 0 saturated heterocycles. The van der Waals surface area contributed by atoms with Gasteiger partial charge in [0.05, 0.1) is 12.2 Å². The number of hydrogen-bond donors (Lipinski definition) is 0. The van der Waals surface area contributed by atoms with E-state index in [0.29, 0.717) is 12.2 Å². The van der Waals surface area contributed by atoms with E-state index in [1.54, 1.807) is 0 Å². The van der Waals surface area contributed by atoms with E-state index in [2.05, 4.69) is 13.8 Å². The Labute approximate surface area is 120 Å². The fourth-order valence-electron chi connectivity index (χ4n) is 4.25. The summed E-state index contributed by atoms with van der Waals surface area (Å²) in [5.74, 6) is 1.88. The summed E-state index contributed by atoms with van der Waals surface area (Å²) in [7, 11) is 0. The molecule has 1 nitrogen and oxygen atoms in total. The van der Waals surface area contributed by atoms with Crippen LogP contribution in [0.15, 0.2) is 0 Å². The molecule has 2 aliphatic rings. The molecule has 0 aromatic rings. The van der Waals surface area contributed by atoms with Crippen LogP contribution < -0.4 is 0 Å². The lowest BCUT2D eigenvalue weighted by molar-refractivity contribution is -0.0682. The van der Waals surface area contributed by atoms with Gasteiger partial charge in [-0.3, -0.25) is 0 Å². The molecular weight excluding hydrogens is 232 g/mol. The molecule has 0 spiro atoms. The number of rotatable bonds is 6. The quantitative estimate of drug-likeness (QED) is 0.597. The first-order valence-electron chi connectivity index (χ1n) is 8.98. The molecule has 0 bridgehead atoms. The van der Waals surface area contributed by atoms with Gasteiger partial charge in [-0.15, -0.1) is 0 Å². The van der Waals surface area contributed by atoms with E-state index >= 15 is 0 Å². The van der Waals surface area contributed by atoms with Crippen LogP contribution in [0.25, 0.3) is 0 Å². The van der Waals surface area contributed by atoms with E-state index < -0.39 is 0 Å². The normalized spacial score (nSPS) is 31.3. The van der Waals surface area contributed by atoms with Crippen molar-refractivity contribution in [2.75, 3.05) is 0 Å². The van der Waals surface area contributed by atoms with Gasteiger partial charge < -0.3 is 4.74 Å². The third kappa shape index (κ3) is 4.77. The molecule has 2 saturated carbocycles. The Balaban J connectivity index is 1.75. The minimum absolute atomic E-state index is 0.561. The van der Waals surface area contributed by atoms with Crippen LogP contribution in [-0.2, 0) is 4.74 Å². The van der Waals surface area contributed by atoms with Crippen molar-refractivity contribution in [3.8, 4) is 0 Å². The summed E-state index contributed by atoms with van der Waals surface area (Å²) in [4.78, 5) is 0. The number of hydrogen-bond acceptors (Lipinski definition) is 1. The van der Waals surface area contributed by atoms with E-state index in [-0.39, 0.29) is 0 Å². The van der Waals surface area contributed by atoms with Crippen molar-refractivity contribution in [3.05, 3.63) is 0 Å². The fourth-order valence-corrected chi connectivity index (χ4v) is 4.25. The molecule has 2 rings (SSSR count). The van der Waals surface area contributed by atoms with Gasteiger partial charge in [-0.25, -0.2) is 0 Å². The van der Waals surface area contributed by atoms with E-state index in [9.17, 15) is 0 Å². The molecule has 0 aromatic carbocycles. The Morgan fingerprint density at radius 2 is 1.58 bits per heavy atom. The van der Waals surface area contributed by atoms with Crippen molar-refractivity contribution < 1.29 is 4.74 Å². The van der Waals surface area contributed by atoms with E-state index in [1.807, 2.05) is 0 Å². The van der Waals surface area contributed by atoms with Crippen molar-refractivity contribution in [2.24, 2.45) is 11.8 Å². The summed E-state index contributed by atoms with van der Waals surface area (Å²) in [6.07, 6.45) is 17.8. The van der Waals surface area contributed by atoms with Gasteiger partial charge in [0.2, 0.25) is 0 Å². The summed E-state index contributed by atoms with van der Waals surface area (Å²) in [6.45, 7) is 4.65. The topological polar surface area (TPSA) is 9.23 Å². The lowest BCUT2D eigenvalue weighted by Crippen LogP contribution is -2.32. The highest BCUT2D eigenvalue weighted by Crippen LogP contribution is 2.36. The average Bonchev–Trinajstić information content (AvgIpc) is 2.47. The maximum atomic E-state index is 6.48. The Morgan fingerprint density at radius 3 is 2.16 bits per heavy atom. The van der Waals surface area contributed by atoms with Crippen LogP contribution in [0.3, 0.4) is 0 Å². The summed E-state index contributed by atoms with van der Waals surface area (Å²) in [6, 6.07) is 0. The van der Waals surface area contributed by atoms with Crippen LogP contribution in [0.1, 0.15) is 90.9 Å². The van der Waals surface area contributed by atoms with Crippen molar-refractivity contribution in [3.63, 3.8) is 0 Å². The third-order valence-electron chi connectivity index (χ3n) is 5.44. The minimum Gasteiger partial charge on any atom is -0.375 e. The highest BCUT2D eigenvalue weighted by Gasteiger charge is 2.29. The van der Waals surface area contributed by atoms with Crippen molar-refractivity contribution in [2.45, 2.75) is 103 Å². The largest absolute Gasteiger partial charge is 0.375 e. The third-order valence-corrected chi connectivity index (χ3v) is 5.44. The van der Waals surface area contributed by atoms with Gasteiger partial charge in [0.15, 0.2) is 0 Å². The molecule has 1 unspecified atom stereocenters. The predicted octanol–water partition coefficient (Wildman–Crippen LogP) is 5.72. The summed E-state index contributed by atoms with van der Waals surface area (Å²) in [5.41, 5.74) is 0. The van der Waals surface area contributed by atoms with Gasteiger partial charge in [0, 0.05) is 0 Å². The fraction of sp³-hybridized carbons (Fsp3) is 1.00.